The number of terminal acetylenes is 2. The van der Waals surface area contributed by atoms with E-state index in [0.29, 0.717) is 18.6 Å². The molecule has 0 N–H and O–H groups in total. The zero-order valence-electron chi connectivity index (χ0n) is 8.85. The third-order valence-electron chi connectivity index (χ3n) is 2.11. The Labute approximate surface area is 95.6 Å². The SMILES string of the molecule is C#CCC(C#C)OCc1ccccc1C=O. The van der Waals surface area contributed by atoms with E-state index >= 15 is 0 Å². The zero-order chi connectivity index (χ0) is 11.8. The van der Waals surface area contributed by atoms with Crippen molar-refractivity contribution in [3.05, 3.63) is 35.4 Å². The highest BCUT2D eigenvalue weighted by Gasteiger charge is 2.05. The predicted octanol–water partition coefficient (Wildman–Crippen LogP) is 2.04. The van der Waals surface area contributed by atoms with Crippen LogP contribution >= 0.6 is 0 Å². The molecule has 0 aromatic heterocycles. The third kappa shape index (κ3) is 3.28. The maximum atomic E-state index is 10.7. The number of hydrogen-bond donors (Lipinski definition) is 0. The Balaban J connectivity index is 2.64. The summed E-state index contributed by atoms with van der Waals surface area (Å²) in [5.41, 5.74) is 1.42. The Bertz CT molecular complexity index is 435. The lowest BCUT2D eigenvalue weighted by Crippen LogP contribution is -2.10. The van der Waals surface area contributed by atoms with Crippen molar-refractivity contribution in [3.8, 4) is 24.7 Å². The highest BCUT2D eigenvalue weighted by atomic mass is 16.5. The average Bonchev–Trinajstić information content (AvgIpc) is 2.34. The minimum atomic E-state index is -0.398. The Morgan fingerprint density at radius 1 is 1.38 bits per heavy atom. The Kier molecular flexibility index (Phi) is 4.86. The van der Waals surface area contributed by atoms with Crippen molar-refractivity contribution >= 4 is 6.29 Å². The maximum Gasteiger partial charge on any atom is 0.150 e. The van der Waals surface area contributed by atoms with Crippen LogP contribution in [0.3, 0.4) is 0 Å². The number of carbonyl (C=O) groups is 1. The molecule has 0 aliphatic carbocycles. The smallest absolute Gasteiger partial charge is 0.150 e. The first-order valence-corrected chi connectivity index (χ1v) is 4.86. The van der Waals surface area contributed by atoms with Crippen molar-refractivity contribution in [1.29, 1.82) is 0 Å². The molecule has 0 heterocycles. The Morgan fingerprint density at radius 2 is 2.12 bits per heavy atom. The van der Waals surface area contributed by atoms with Crippen LogP contribution in [0, 0.1) is 24.7 Å². The molecule has 0 amide bonds. The van der Waals surface area contributed by atoms with Crippen LogP contribution in [-0.4, -0.2) is 12.4 Å². The predicted molar refractivity (Wildman–Crippen MR) is 62.7 cm³/mol. The first-order chi connectivity index (χ1) is 7.81. The summed E-state index contributed by atoms with van der Waals surface area (Å²) in [5, 5.41) is 0. The van der Waals surface area contributed by atoms with E-state index in [1.54, 1.807) is 12.1 Å². The van der Waals surface area contributed by atoms with Gasteiger partial charge in [-0.3, -0.25) is 4.79 Å². The number of hydrogen-bond acceptors (Lipinski definition) is 2. The van der Waals surface area contributed by atoms with Gasteiger partial charge in [-0.05, 0) is 5.56 Å². The second-order valence-electron chi connectivity index (χ2n) is 3.19. The Morgan fingerprint density at radius 3 is 2.75 bits per heavy atom. The van der Waals surface area contributed by atoms with Gasteiger partial charge in [-0.1, -0.05) is 30.2 Å². The van der Waals surface area contributed by atoms with Gasteiger partial charge < -0.3 is 4.74 Å². The van der Waals surface area contributed by atoms with Crippen molar-refractivity contribution in [3.63, 3.8) is 0 Å². The topological polar surface area (TPSA) is 26.3 Å². The van der Waals surface area contributed by atoms with E-state index in [4.69, 9.17) is 17.6 Å². The highest BCUT2D eigenvalue weighted by molar-refractivity contribution is 5.76. The van der Waals surface area contributed by atoms with E-state index in [9.17, 15) is 4.79 Å². The minimum absolute atomic E-state index is 0.297. The Hall–Kier alpha value is -2.03. The number of benzene rings is 1. The molecule has 0 aliphatic rings. The van der Waals surface area contributed by atoms with Crippen molar-refractivity contribution in [1.82, 2.24) is 0 Å². The van der Waals surface area contributed by atoms with Gasteiger partial charge in [-0.25, -0.2) is 0 Å². The standard InChI is InChI=1S/C14H12O2/c1-3-7-14(4-2)16-11-13-9-6-5-8-12(13)10-15/h1-2,5-6,8-10,14H,7,11H2. The summed E-state index contributed by atoms with van der Waals surface area (Å²) >= 11 is 0. The number of carbonyl (C=O) groups excluding carboxylic acids is 1. The molecular weight excluding hydrogens is 200 g/mol. The molecule has 1 rings (SSSR count). The summed E-state index contributed by atoms with van der Waals surface area (Å²) in [5.74, 6) is 4.90. The molecule has 2 heteroatoms. The van der Waals surface area contributed by atoms with E-state index in [2.05, 4.69) is 11.8 Å². The summed E-state index contributed by atoms with van der Waals surface area (Å²) in [7, 11) is 0. The van der Waals surface area contributed by atoms with Crippen molar-refractivity contribution in [2.45, 2.75) is 19.1 Å². The molecule has 16 heavy (non-hydrogen) atoms. The molecular formula is C14H12O2. The first kappa shape index (κ1) is 12.0. The van der Waals surface area contributed by atoms with E-state index in [-0.39, 0.29) is 0 Å². The summed E-state index contributed by atoms with van der Waals surface area (Å²) in [6, 6.07) is 7.20. The monoisotopic (exact) mass is 212 g/mol. The van der Waals surface area contributed by atoms with Crippen LogP contribution in [-0.2, 0) is 11.3 Å². The summed E-state index contributed by atoms with van der Waals surface area (Å²) in [6.45, 7) is 0.297. The van der Waals surface area contributed by atoms with E-state index in [1.165, 1.54) is 0 Å². The third-order valence-corrected chi connectivity index (χ3v) is 2.11. The molecule has 0 radical (unpaired) electrons. The van der Waals surface area contributed by atoms with Crippen LogP contribution in [0.2, 0.25) is 0 Å². The van der Waals surface area contributed by atoms with Gasteiger partial charge in [0.1, 0.15) is 12.4 Å². The molecule has 2 nitrogen and oxygen atoms in total. The second kappa shape index (κ2) is 6.45. The van der Waals surface area contributed by atoms with Gasteiger partial charge in [0.25, 0.3) is 0 Å². The second-order valence-corrected chi connectivity index (χ2v) is 3.19. The van der Waals surface area contributed by atoms with Gasteiger partial charge >= 0.3 is 0 Å². The quantitative estimate of drug-likeness (QED) is 0.551. The average molecular weight is 212 g/mol. The number of aldehydes is 1. The van der Waals surface area contributed by atoms with E-state index in [0.717, 1.165) is 11.8 Å². The van der Waals surface area contributed by atoms with Crippen LogP contribution in [0.15, 0.2) is 24.3 Å². The van der Waals surface area contributed by atoms with Crippen molar-refractivity contribution in [2.75, 3.05) is 0 Å². The zero-order valence-corrected chi connectivity index (χ0v) is 8.85. The summed E-state index contributed by atoms with van der Waals surface area (Å²) in [4.78, 5) is 10.7. The molecule has 1 atom stereocenters. The lowest BCUT2D eigenvalue weighted by molar-refractivity contribution is 0.0807. The maximum absolute atomic E-state index is 10.7. The van der Waals surface area contributed by atoms with Crippen LogP contribution in [0.25, 0.3) is 0 Å². The van der Waals surface area contributed by atoms with Gasteiger partial charge in [0.15, 0.2) is 0 Å². The molecule has 0 spiro atoms. The largest absolute Gasteiger partial charge is 0.360 e. The van der Waals surface area contributed by atoms with Crippen LogP contribution in [0.1, 0.15) is 22.3 Å². The van der Waals surface area contributed by atoms with Crippen LogP contribution in [0.5, 0.6) is 0 Å². The van der Waals surface area contributed by atoms with Crippen molar-refractivity contribution in [2.24, 2.45) is 0 Å². The highest BCUT2D eigenvalue weighted by Crippen LogP contribution is 2.09. The molecule has 0 saturated carbocycles. The van der Waals surface area contributed by atoms with Gasteiger partial charge in [-0.2, -0.15) is 0 Å². The van der Waals surface area contributed by atoms with Crippen LogP contribution < -0.4 is 0 Å². The molecule has 1 aromatic rings. The van der Waals surface area contributed by atoms with Gasteiger partial charge in [-0.15, -0.1) is 18.8 Å². The lowest BCUT2D eigenvalue weighted by Gasteiger charge is -2.10. The fraction of sp³-hybridized carbons (Fsp3) is 0.214. The molecule has 0 saturated heterocycles. The summed E-state index contributed by atoms with van der Waals surface area (Å²) < 4.78 is 5.42. The van der Waals surface area contributed by atoms with Gasteiger partial charge in [0, 0.05) is 12.0 Å². The minimum Gasteiger partial charge on any atom is -0.360 e. The van der Waals surface area contributed by atoms with Crippen LogP contribution in [0.4, 0.5) is 0 Å². The fourth-order valence-electron chi connectivity index (χ4n) is 1.24. The number of ether oxygens (including phenoxy) is 1. The molecule has 0 aliphatic heterocycles. The molecule has 80 valence electrons. The lowest BCUT2D eigenvalue weighted by atomic mass is 10.1. The molecule has 1 aromatic carbocycles. The van der Waals surface area contributed by atoms with E-state index < -0.39 is 6.10 Å². The normalized spacial score (nSPS) is 11.1. The molecule has 0 bridgehead atoms. The van der Waals surface area contributed by atoms with Gasteiger partial charge in [0.2, 0.25) is 0 Å². The fourth-order valence-corrected chi connectivity index (χ4v) is 1.24. The molecule has 1 unspecified atom stereocenters. The van der Waals surface area contributed by atoms with E-state index in [1.807, 2.05) is 12.1 Å². The molecule has 0 fully saturated rings. The first-order valence-electron chi connectivity index (χ1n) is 4.86. The van der Waals surface area contributed by atoms with Gasteiger partial charge in [0.05, 0.1) is 6.61 Å². The van der Waals surface area contributed by atoms with Crippen molar-refractivity contribution < 1.29 is 9.53 Å². The number of rotatable bonds is 5. The summed E-state index contributed by atoms with van der Waals surface area (Å²) in [6.07, 6.45) is 11.2.